The normalized spacial score (nSPS) is 10.5. The van der Waals surface area contributed by atoms with Crippen LogP contribution in [0.5, 0.6) is 0 Å². The number of carbonyl (C=O) groups excluding carboxylic acids is 2. The lowest BCUT2D eigenvalue weighted by molar-refractivity contribution is -0.140. The quantitative estimate of drug-likeness (QED) is 0.671. The zero-order valence-corrected chi connectivity index (χ0v) is 11.6. The van der Waals surface area contributed by atoms with Gasteiger partial charge in [-0.1, -0.05) is 13.0 Å². The van der Waals surface area contributed by atoms with Gasteiger partial charge in [0.05, 0.1) is 12.1 Å². The molecule has 5 nitrogen and oxygen atoms in total. The molecular formula is C15H17NO4. The van der Waals surface area contributed by atoms with Gasteiger partial charge in [-0.25, -0.2) is 0 Å². The molecule has 20 heavy (non-hydrogen) atoms. The van der Waals surface area contributed by atoms with Crippen molar-refractivity contribution in [2.75, 3.05) is 13.2 Å². The lowest BCUT2D eigenvalue weighted by Gasteiger charge is -2.04. The van der Waals surface area contributed by atoms with Gasteiger partial charge in [0, 0.05) is 12.3 Å². The van der Waals surface area contributed by atoms with Gasteiger partial charge >= 0.3 is 5.97 Å². The van der Waals surface area contributed by atoms with Crippen molar-refractivity contribution in [3.05, 3.63) is 35.6 Å². The molecule has 0 spiro atoms. The number of amides is 1. The summed E-state index contributed by atoms with van der Waals surface area (Å²) in [5.74, 6) is -0.593. The molecule has 5 heteroatoms. The van der Waals surface area contributed by atoms with Gasteiger partial charge in [-0.2, -0.15) is 0 Å². The minimum absolute atomic E-state index is 0.164. The number of rotatable bonds is 5. The molecule has 1 aromatic carbocycles. The number of ether oxygens (including phenoxy) is 1. The third-order valence-corrected chi connectivity index (χ3v) is 2.98. The Kier molecular flexibility index (Phi) is 4.40. The summed E-state index contributed by atoms with van der Waals surface area (Å²) in [5, 5.41) is 3.49. The Morgan fingerprint density at radius 1 is 1.35 bits per heavy atom. The summed E-state index contributed by atoms with van der Waals surface area (Å²) in [6, 6.07) is 5.80. The van der Waals surface area contributed by atoms with Gasteiger partial charge in [0.1, 0.15) is 18.5 Å². The van der Waals surface area contributed by atoms with E-state index in [2.05, 4.69) is 12.2 Å². The highest BCUT2D eigenvalue weighted by atomic mass is 16.5. The van der Waals surface area contributed by atoms with Crippen LogP contribution in [0.1, 0.15) is 29.8 Å². The van der Waals surface area contributed by atoms with E-state index in [1.807, 2.05) is 18.2 Å². The minimum atomic E-state index is -0.361. The fraction of sp³-hybridized carbons (Fsp3) is 0.333. The molecule has 0 atom stereocenters. The van der Waals surface area contributed by atoms with Crippen LogP contribution in [0.4, 0.5) is 0 Å². The Morgan fingerprint density at radius 2 is 2.15 bits per heavy atom. The average molecular weight is 275 g/mol. The molecule has 2 rings (SSSR count). The fourth-order valence-corrected chi connectivity index (χ4v) is 1.93. The highest BCUT2D eigenvalue weighted by molar-refractivity contribution is 6.06. The Labute approximate surface area is 116 Å². The first kappa shape index (κ1) is 14.1. The highest BCUT2D eigenvalue weighted by Gasteiger charge is 2.13. The molecule has 0 fully saturated rings. The molecule has 1 amide bonds. The van der Waals surface area contributed by atoms with Crippen LogP contribution < -0.4 is 5.32 Å². The SMILES string of the molecule is CCc1ccc2occ(C(=O)NCCOC(C)=O)c2c1. The molecule has 0 aliphatic rings. The molecule has 0 unspecified atom stereocenters. The van der Waals surface area contributed by atoms with Gasteiger partial charge in [-0.15, -0.1) is 0 Å². The zero-order valence-electron chi connectivity index (χ0n) is 11.6. The molecule has 0 bridgehead atoms. The Balaban J connectivity index is 2.07. The van der Waals surface area contributed by atoms with Crippen molar-refractivity contribution in [1.29, 1.82) is 0 Å². The second-order valence-corrected chi connectivity index (χ2v) is 4.43. The van der Waals surface area contributed by atoms with Crippen LogP contribution in [0, 0.1) is 0 Å². The number of hydrogen-bond acceptors (Lipinski definition) is 4. The average Bonchev–Trinajstić information content (AvgIpc) is 2.86. The minimum Gasteiger partial charge on any atom is -0.464 e. The number of aryl methyl sites for hydroxylation is 1. The van der Waals surface area contributed by atoms with E-state index < -0.39 is 0 Å². The summed E-state index contributed by atoms with van der Waals surface area (Å²) in [6.45, 7) is 3.83. The third-order valence-electron chi connectivity index (χ3n) is 2.98. The number of furan rings is 1. The molecule has 0 radical (unpaired) electrons. The summed E-state index contributed by atoms with van der Waals surface area (Å²) < 4.78 is 10.1. The molecule has 1 heterocycles. The van der Waals surface area contributed by atoms with Crippen LogP contribution in [0.3, 0.4) is 0 Å². The zero-order chi connectivity index (χ0) is 14.5. The van der Waals surface area contributed by atoms with E-state index in [-0.39, 0.29) is 25.0 Å². The molecule has 106 valence electrons. The first-order valence-corrected chi connectivity index (χ1v) is 6.53. The summed E-state index contributed by atoms with van der Waals surface area (Å²) in [4.78, 5) is 22.7. The molecular weight excluding hydrogens is 258 g/mol. The summed E-state index contributed by atoms with van der Waals surface area (Å²) in [5.41, 5.74) is 2.33. The van der Waals surface area contributed by atoms with Crippen LogP contribution in [-0.4, -0.2) is 25.0 Å². The van der Waals surface area contributed by atoms with Gasteiger partial charge in [0.2, 0.25) is 0 Å². The van der Waals surface area contributed by atoms with E-state index in [4.69, 9.17) is 9.15 Å². The van der Waals surface area contributed by atoms with Gasteiger partial charge in [-0.05, 0) is 24.1 Å². The molecule has 0 aliphatic carbocycles. The monoisotopic (exact) mass is 275 g/mol. The summed E-state index contributed by atoms with van der Waals surface area (Å²) >= 11 is 0. The molecule has 0 aliphatic heterocycles. The van der Waals surface area contributed by atoms with Crippen molar-refractivity contribution in [2.24, 2.45) is 0 Å². The summed E-state index contributed by atoms with van der Waals surface area (Å²) in [6.07, 6.45) is 2.35. The number of fused-ring (bicyclic) bond motifs is 1. The first-order valence-electron chi connectivity index (χ1n) is 6.53. The van der Waals surface area contributed by atoms with Crippen molar-refractivity contribution in [3.8, 4) is 0 Å². The van der Waals surface area contributed by atoms with Crippen molar-refractivity contribution in [3.63, 3.8) is 0 Å². The Bertz CT molecular complexity index is 630. The lowest BCUT2D eigenvalue weighted by Crippen LogP contribution is -2.27. The fourth-order valence-electron chi connectivity index (χ4n) is 1.93. The Hall–Kier alpha value is -2.30. The van der Waals surface area contributed by atoms with Crippen LogP contribution >= 0.6 is 0 Å². The molecule has 1 N–H and O–H groups in total. The van der Waals surface area contributed by atoms with Gasteiger partial charge < -0.3 is 14.5 Å². The predicted octanol–water partition coefficient (Wildman–Crippen LogP) is 2.29. The standard InChI is InChI=1S/C15H17NO4/c1-3-11-4-5-14-12(8-11)13(9-20-14)15(18)16-6-7-19-10(2)17/h4-5,8-9H,3,6-7H2,1-2H3,(H,16,18). The maximum absolute atomic E-state index is 12.1. The van der Waals surface area contributed by atoms with E-state index in [0.717, 1.165) is 17.4 Å². The van der Waals surface area contributed by atoms with E-state index in [1.54, 1.807) is 0 Å². The number of nitrogens with one attached hydrogen (secondary N) is 1. The number of hydrogen-bond donors (Lipinski definition) is 1. The number of esters is 1. The highest BCUT2D eigenvalue weighted by Crippen LogP contribution is 2.22. The van der Waals surface area contributed by atoms with Crippen molar-refractivity contribution in [1.82, 2.24) is 5.32 Å². The topological polar surface area (TPSA) is 68.5 Å². The van der Waals surface area contributed by atoms with Crippen molar-refractivity contribution < 1.29 is 18.7 Å². The van der Waals surface area contributed by atoms with E-state index in [9.17, 15) is 9.59 Å². The lowest BCUT2D eigenvalue weighted by atomic mass is 10.1. The van der Waals surface area contributed by atoms with E-state index >= 15 is 0 Å². The molecule has 1 aromatic heterocycles. The van der Waals surface area contributed by atoms with Crippen LogP contribution in [0.25, 0.3) is 11.0 Å². The predicted molar refractivity (Wildman–Crippen MR) is 74.6 cm³/mol. The largest absolute Gasteiger partial charge is 0.464 e. The van der Waals surface area contributed by atoms with E-state index in [1.165, 1.54) is 13.2 Å². The third kappa shape index (κ3) is 3.17. The molecule has 0 saturated carbocycles. The summed E-state index contributed by atoms with van der Waals surface area (Å²) in [7, 11) is 0. The number of carbonyl (C=O) groups is 2. The first-order chi connectivity index (χ1) is 9.61. The maximum Gasteiger partial charge on any atom is 0.302 e. The van der Waals surface area contributed by atoms with Crippen molar-refractivity contribution >= 4 is 22.8 Å². The van der Waals surface area contributed by atoms with Gasteiger partial charge in [0.25, 0.3) is 5.91 Å². The van der Waals surface area contributed by atoms with Crippen molar-refractivity contribution in [2.45, 2.75) is 20.3 Å². The maximum atomic E-state index is 12.1. The molecule has 0 saturated heterocycles. The number of benzene rings is 1. The second-order valence-electron chi connectivity index (χ2n) is 4.43. The molecule has 2 aromatic rings. The van der Waals surface area contributed by atoms with Crippen LogP contribution in [-0.2, 0) is 16.0 Å². The van der Waals surface area contributed by atoms with Gasteiger partial charge in [-0.3, -0.25) is 9.59 Å². The Morgan fingerprint density at radius 3 is 2.85 bits per heavy atom. The second kappa shape index (κ2) is 6.23. The van der Waals surface area contributed by atoms with Crippen LogP contribution in [0.15, 0.2) is 28.9 Å². The van der Waals surface area contributed by atoms with E-state index in [0.29, 0.717) is 11.1 Å². The van der Waals surface area contributed by atoms with Gasteiger partial charge in [0.15, 0.2) is 0 Å². The van der Waals surface area contributed by atoms with Crippen LogP contribution in [0.2, 0.25) is 0 Å². The smallest absolute Gasteiger partial charge is 0.302 e.